The fourth-order valence-electron chi connectivity index (χ4n) is 3.49. The Balaban J connectivity index is 2.40. The summed E-state index contributed by atoms with van der Waals surface area (Å²) in [6, 6.07) is 9.62. The molecule has 0 aliphatic heterocycles. The van der Waals surface area contributed by atoms with E-state index in [0.29, 0.717) is 16.8 Å². The van der Waals surface area contributed by atoms with Crippen LogP contribution >= 0.6 is 0 Å². The average Bonchev–Trinajstić information content (AvgIpc) is 2.67. The summed E-state index contributed by atoms with van der Waals surface area (Å²) in [6.07, 6.45) is 1.62. The van der Waals surface area contributed by atoms with Crippen molar-refractivity contribution in [2.24, 2.45) is 7.05 Å². The van der Waals surface area contributed by atoms with Crippen LogP contribution in [-0.4, -0.2) is 0 Å². The third-order valence-electron chi connectivity index (χ3n) is 4.68. The smallest absolute Gasteiger partial charge is 0.201 e. The number of rotatable bonds is 2. The number of hydrogen-bond donors (Lipinski definition) is 0. The zero-order valence-electron chi connectivity index (χ0n) is 24.0. The van der Waals surface area contributed by atoms with E-state index >= 15 is 0 Å². The Hall–Kier alpha value is -2.41. The molecule has 3 rings (SSSR count). The van der Waals surface area contributed by atoms with E-state index in [9.17, 15) is 0 Å². The summed E-state index contributed by atoms with van der Waals surface area (Å²) in [5.74, 6) is 0. The van der Waals surface area contributed by atoms with Gasteiger partial charge < -0.3 is 0 Å². The normalized spacial score (nSPS) is 17.8. The Morgan fingerprint density at radius 2 is 1.52 bits per heavy atom. The molecule has 0 bridgehead atoms. The first-order chi connectivity index (χ1) is 15.4. The first-order valence-electron chi connectivity index (χ1n) is 12.7. The second kappa shape index (κ2) is 6.48. The molecule has 2 aromatic carbocycles. The van der Waals surface area contributed by atoms with Gasteiger partial charge in [0.05, 0.1) is 5.56 Å². The van der Waals surface area contributed by atoms with Crippen LogP contribution in [0, 0.1) is 41.3 Å². The molecule has 3 aromatic rings. The monoisotopic (exact) mass is 339 g/mol. The molecule has 0 unspecified atom stereocenters. The molecule has 1 aromatic heterocycles. The average molecular weight is 340 g/mol. The first-order valence-corrected chi connectivity index (χ1v) is 8.19. The molecule has 0 radical (unpaired) electrons. The number of pyridine rings is 1. The minimum absolute atomic E-state index is 0.122. The van der Waals surface area contributed by atoms with E-state index < -0.39 is 20.6 Å². The fraction of sp³-hybridized carbons (Fsp3) is 0.292. The van der Waals surface area contributed by atoms with Crippen molar-refractivity contribution < 1.29 is 16.9 Å². The lowest BCUT2D eigenvalue weighted by atomic mass is 9.86. The van der Waals surface area contributed by atoms with E-state index in [0.717, 1.165) is 22.3 Å². The van der Waals surface area contributed by atoms with Crippen LogP contribution in [0.4, 0.5) is 0 Å². The molecule has 1 nitrogen and oxygen atoms in total. The molecule has 0 spiro atoms. The van der Waals surface area contributed by atoms with E-state index in [2.05, 4.69) is 0 Å². The Kier molecular flexibility index (Phi) is 2.42. The maximum atomic E-state index is 8.17. The van der Waals surface area contributed by atoms with Crippen molar-refractivity contribution in [3.63, 3.8) is 0 Å². The first kappa shape index (κ1) is 9.33. The standard InChI is InChI=1S/C24H28N/c1-15-8-9-21(17(3)12-15)23-18(4)14-19(5)24(20(23)6)22-13-16(2)10-11-25(22)7/h8-14H,1-7H3/q+1/i1D3,2D3,5D3. The molecule has 0 aliphatic carbocycles. The summed E-state index contributed by atoms with van der Waals surface area (Å²) < 4.78 is 72.7. The van der Waals surface area contributed by atoms with Crippen molar-refractivity contribution in [3.05, 3.63) is 76.0 Å². The van der Waals surface area contributed by atoms with Gasteiger partial charge in [0.2, 0.25) is 5.69 Å². The lowest BCUT2D eigenvalue weighted by Gasteiger charge is -2.18. The van der Waals surface area contributed by atoms with Crippen LogP contribution in [0.2, 0.25) is 0 Å². The molecule has 1 heterocycles. The third kappa shape index (κ3) is 3.11. The molecular formula is C24H28N+. The summed E-state index contributed by atoms with van der Waals surface area (Å²) in [5.41, 5.74) is 5.23. The van der Waals surface area contributed by atoms with Gasteiger partial charge in [-0.25, -0.2) is 4.57 Å². The highest BCUT2D eigenvalue weighted by Crippen LogP contribution is 2.37. The molecule has 0 saturated carbocycles. The maximum Gasteiger partial charge on any atom is 0.213 e. The number of aryl methyl sites for hydroxylation is 6. The molecule has 25 heavy (non-hydrogen) atoms. The molecule has 0 fully saturated rings. The molecule has 0 atom stereocenters. The van der Waals surface area contributed by atoms with Crippen molar-refractivity contribution in [2.75, 3.05) is 0 Å². The quantitative estimate of drug-likeness (QED) is 0.528. The van der Waals surface area contributed by atoms with Crippen LogP contribution in [0.1, 0.15) is 45.7 Å². The van der Waals surface area contributed by atoms with E-state index in [1.165, 1.54) is 12.1 Å². The van der Waals surface area contributed by atoms with Gasteiger partial charge in [0.15, 0.2) is 6.20 Å². The maximum absolute atomic E-state index is 8.17. The third-order valence-corrected chi connectivity index (χ3v) is 4.68. The van der Waals surface area contributed by atoms with Gasteiger partial charge in [-0.1, -0.05) is 29.8 Å². The van der Waals surface area contributed by atoms with E-state index in [4.69, 9.17) is 12.3 Å². The predicted octanol–water partition coefficient (Wildman–Crippen LogP) is 5.70. The van der Waals surface area contributed by atoms with Crippen LogP contribution in [0.15, 0.2) is 42.6 Å². The van der Waals surface area contributed by atoms with Crippen LogP contribution in [-0.2, 0) is 7.05 Å². The Morgan fingerprint density at radius 1 is 0.760 bits per heavy atom. The van der Waals surface area contributed by atoms with Crippen molar-refractivity contribution >= 4 is 0 Å². The minimum Gasteiger partial charge on any atom is -0.201 e. The highest BCUT2D eigenvalue weighted by atomic mass is 14.9. The zero-order valence-corrected chi connectivity index (χ0v) is 15.0. The number of nitrogens with zero attached hydrogens (tertiary/aromatic N) is 1. The molecular weight excluding hydrogens is 302 g/mol. The number of benzene rings is 2. The van der Waals surface area contributed by atoms with Crippen LogP contribution in [0.3, 0.4) is 0 Å². The topological polar surface area (TPSA) is 3.88 Å². The summed E-state index contributed by atoms with van der Waals surface area (Å²) in [6.45, 7) is -1.51. The van der Waals surface area contributed by atoms with E-state index in [1.807, 2.05) is 20.8 Å². The number of hydrogen-bond acceptors (Lipinski definition) is 0. The van der Waals surface area contributed by atoms with Crippen LogP contribution in [0.25, 0.3) is 22.4 Å². The SMILES string of the molecule is [2H]C([2H])([2H])c1ccc(-c2c(C)cc(C([2H])([2H])[2H])c(-c3cc(C([2H])([2H])[2H])cc[n+]3C)c2C)c(C)c1. The van der Waals surface area contributed by atoms with Crippen molar-refractivity contribution in [1.29, 1.82) is 0 Å². The van der Waals surface area contributed by atoms with Gasteiger partial charge in [-0.2, -0.15) is 0 Å². The summed E-state index contributed by atoms with van der Waals surface area (Å²) >= 11 is 0. The predicted molar refractivity (Wildman–Crippen MR) is 107 cm³/mol. The highest BCUT2D eigenvalue weighted by Gasteiger charge is 2.20. The Labute approximate surface area is 164 Å². The summed E-state index contributed by atoms with van der Waals surface area (Å²) in [4.78, 5) is 0. The zero-order chi connectivity index (χ0) is 25.8. The van der Waals surface area contributed by atoms with Crippen molar-refractivity contribution in [1.82, 2.24) is 0 Å². The van der Waals surface area contributed by atoms with Gasteiger partial charge >= 0.3 is 0 Å². The number of aromatic nitrogens is 1. The minimum atomic E-state index is -2.42. The Morgan fingerprint density at radius 3 is 2.20 bits per heavy atom. The molecule has 0 amide bonds. The van der Waals surface area contributed by atoms with Crippen molar-refractivity contribution in [3.8, 4) is 22.4 Å². The molecule has 0 saturated heterocycles. The lowest BCUT2D eigenvalue weighted by Crippen LogP contribution is -2.31. The fourth-order valence-corrected chi connectivity index (χ4v) is 3.49. The van der Waals surface area contributed by atoms with Gasteiger partial charge in [-0.05, 0) is 80.3 Å². The summed E-state index contributed by atoms with van der Waals surface area (Å²) in [5, 5.41) is 0. The summed E-state index contributed by atoms with van der Waals surface area (Å²) in [7, 11) is 1.75. The second-order valence-electron chi connectivity index (χ2n) is 6.56. The van der Waals surface area contributed by atoms with E-state index in [1.54, 1.807) is 42.1 Å². The van der Waals surface area contributed by atoms with Crippen LogP contribution in [0.5, 0.6) is 0 Å². The molecule has 0 N–H and O–H groups in total. The van der Waals surface area contributed by atoms with Gasteiger partial charge in [0, 0.05) is 24.5 Å². The highest BCUT2D eigenvalue weighted by molar-refractivity contribution is 5.82. The molecule has 128 valence electrons. The van der Waals surface area contributed by atoms with Gasteiger partial charge in [0.25, 0.3) is 0 Å². The largest absolute Gasteiger partial charge is 0.213 e. The van der Waals surface area contributed by atoms with E-state index in [-0.39, 0.29) is 16.7 Å². The second-order valence-corrected chi connectivity index (χ2v) is 6.56. The van der Waals surface area contributed by atoms with Crippen LogP contribution < -0.4 is 4.57 Å². The van der Waals surface area contributed by atoms with Gasteiger partial charge in [-0.15, -0.1) is 0 Å². The van der Waals surface area contributed by atoms with Gasteiger partial charge in [0.1, 0.15) is 7.05 Å². The Bertz CT molecular complexity index is 1250. The van der Waals surface area contributed by atoms with Crippen molar-refractivity contribution in [2.45, 2.75) is 41.3 Å². The lowest BCUT2D eigenvalue weighted by molar-refractivity contribution is -0.660. The van der Waals surface area contributed by atoms with Gasteiger partial charge in [-0.3, -0.25) is 0 Å². The molecule has 0 aliphatic rings. The molecule has 1 heteroatoms.